The minimum absolute atomic E-state index is 0.0973. The Hall–Kier alpha value is -1.68. The molecule has 0 saturated carbocycles. The molecular formula is C15H19ClN2O2. The maximum absolute atomic E-state index is 10.4. The fraction of sp³-hybridized carbons (Fsp3) is 0.400. The minimum atomic E-state index is 0.0973. The molecule has 1 amide bonds. The van der Waals surface area contributed by atoms with Crippen molar-refractivity contribution in [3.63, 3.8) is 0 Å². The number of H-pyrrole nitrogens is 1. The molecule has 1 atom stereocenters. The van der Waals surface area contributed by atoms with Crippen molar-refractivity contribution in [2.24, 2.45) is 0 Å². The molecule has 0 spiro atoms. The van der Waals surface area contributed by atoms with Crippen LogP contribution in [-0.2, 0) is 4.79 Å². The number of hydrogen-bond donors (Lipinski definition) is 2. The molecule has 2 N–H and O–H groups in total. The highest BCUT2D eigenvalue weighted by molar-refractivity contribution is 6.35. The fourth-order valence-electron chi connectivity index (χ4n) is 2.27. The molecule has 2 rings (SSSR count). The lowest BCUT2D eigenvalue weighted by Crippen LogP contribution is -2.17. The van der Waals surface area contributed by atoms with Gasteiger partial charge in [-0.25, -0.2) is 0 Å². The fourth-order valence-corrected chi connectivity index (χ4v) is 2.53. The third-order valence-corrected chi connectivity index (χ3v) is 3.45. The number of amides is 1. The number of aromatic amines is 1. The Morgan fingerprint density at radius 1 is 1.40 bits per heavy atom. The lowest BCUT2D eigenvalue weighted by atomic mass is 10.0. The van der Waals surface area contributed by atoms with Gasteiger partial charge < -0.3 is 15.0 Å². The van der Waals surface area contributed by atoms with Crippen molar-refractivity contribution in [2.75, 3.05) is 6.54 Å². The van der Waals surface area contributed by atoms with Gasteiger partial charge in [0.2, 0.25) is 6.41 Å². The second-order valence-electron chi connectivity index (χ2n) is 5.17. The zero-order valence-corrected chi connectivity index (χ0v) is 12.6. The van der Waals surface area contributed by atoms with E-state index in [-0.39, 0.29) is 12.0 Å². The van der Waals surface area contributed by atoms with Crippen LogP contribution >= 0.6 is 11.6 Å². The molecule has 0 radical (unpaired) electrons. The van der Waals surface area contributed by atoms with Crippen molar-refractivity contribution in [1.82, 2.24) is 10.3 Å². The molecular weight excluding hydrogens is 276 g/mol. The number of rotatable bonds is 6. The van der Waals surface area contributed by atoms with Crippen molar-refractivity contribution in [2.45, 2.75) is 32.8 Å². The van der Waals surface area contributed by atoms with E-state index in [2.05, 4.69) is 17.2 Å². The zero-order valence-electron chi connectivity index (χ0n) is 11.9. The Morgan fingerprint density at radius 3 is 2.80 bits per heavy atom. The Kier molecular flexibility index (Phi) is 4.55. The predicted molar refractivity (Wildman–Crippen MR) is 81.6 cm³/mol. The van der Waals surface area contributed by atoms with Crippen LogP contribution in [0.1, 0.15) is 32.3 Å². The number of fused-ring (bicyclic) bond motifs is 1. The third kappa shape index (κ3) is 3.07. The molecule has 0 aliphatic carbocycles. The number of hydrogen-bond acceptors (Lipinski definition) is 2. The molecule has 1 aromatic heterocycles. The maximum atomic E-state index is 10.4. The van der Waals surface area contributed by atoms with Crippen LogP contribution in [0.15, 0.2) is 18.3 Å². The molecule has 0 aliphatic heterocycles. The molecule has 0 aliphatic rings. The van der Waals surface area contributed by atoms with Gasteiger partial charge in [-0.15, -0.1) is 0 Å². The quantitative estimate of drug-likeness (QED) is 0.802. The van der Waals surface area contributed by atoms with Crippen LogP contribution < -0.4 is 10.1 Å². The summed E-state index contributed by atoms with van der Waals surface area (Å²) < 4.78 is 5.72. The van der Waals surface area contributed by atoms with Gasteiger partial charge in [0.05, 0.1) is 16.6 Å². The van der Waals surface area contributed by atoms with Gasteiger partial charge >= 0.3 is 0 Å². The van der Waals surface area contributed by atoms with Gasteiger partial charge in [-0.1, -0.05) is 18.5 Å². The van der Waals surface area contributed by atoms with E-state index in [1.54, 1.807) is 0 Å². The van der Waals surface area contributed by atoms with Crippen LogP contribution in [0.2, 0.25) is 5.02 Å². The second-order valence-corrected chi connectivity index (χ2v) is 5.57. The molecule has 2 aromatic rings. The van der Waals surface area contributed by atoms with Crippen molar-refractivity contribution < 1.29 is 9.53 Å². The normalized spacial score (nSPS) is 12.7. The largest absolute Gasteiger partial charge is 0.491 e. The highest BCUT2D eigenvalue weighted by Gasteiger charge is 2.14. The third-order valence-electron chi connectivity index (χ3n) is 3.16. The summed E-state index contributed by atoms with van der Waals surface area (Å²) in [6.07, 6.45) is 2.75. The minimum Gasteiger partial charge on any atom is -0.491 e. The van der Waals surface area contributed by atoms with E-state index in [0.29, 0.717) is 18.0 Å². The van der Waals surface area contributed by atoms with E-state index in [9.17, 15) is 4.79 Å². The van der Waals surface area contributed by atoms with E-state index in [1.165, 1.54) is 0 Å². The van der Waals surface area contributed by atoms with Crippen molar-refractivity contribution >= 4 is 28.9 Å². The number of carbonyl (C=O) groups is 1. The Bertz CT molecular complexity index is 607. The smallest absolute Gasteiger partial charge is 0.207 e. The van der Waals surface area contributed by atoms with Gasteiger partial charge in [0.1, 0.15) is 5.75 Å². The molecule has 0 bridgehead atoms. The van der Waals surface area contributed by atoms with Crippen LogP contribution in [-0.4, -0.2) is 24.0 Å². The average molecular weight is 295 g/mol. The summed E-state index contributed by atoms with van der Waals surface area (Å²) in [5, 5.41) is 4.38. The standard InChI is InChI=1S/C15H19ClN2O2/c1-9(2)20-11-4-12-13(10(3)6-17-8-19)7-18-15(12)14(16)5-11/h4-5,7-10,18H,6H2,1-3H3,(H,17,19). The molecule has 20 heavy (non-hydrogen) atoms. The number of carbonyl (C=O) groups excluding carboxylic acids is 1. The van der Waals surface area contributed by atoms with Crippen LogP contribution in [0.25, 0.3) is 10.9 Å². The summed E-state index contributed by atoms with van der Waals surface area (Å²) in [7, 11) is 0. The first kappa shape index (κ1) is 14.7. The number of halogens is 1. The number of nitrogens with one attached hydrogen (secondary N) is 2. The van der Waals surface area contributed by atoms with Crippen LogP contribution in [0.3, 0.4) is 0 Å². The number of ether oxygens (including phenoxy) is 1. The van der Waals surface area contributed by atoms with E-state index < -0.39 is 0 Å². The second kappa shape index (κ2) is 6.18. The lowest BCUT2D eigenvalue weighted by molar-refractivity contribution is -0.109. The highest BCUT2D eigenvalue weighted by atomic mass is 35.5. The summed E-state index contributed by atoms with van der Waals surface area (Å²) in [6.45, 7) is 6.60. The van der Waals surface area contributed by atoms with Crippen molar-refractivity contribution in [3.05, 3.63) is 28.9 Å². The SMILES string of the molecule is CC(C)Oc1cc(Cl)c2[nH]cc(C(C)CNC=O)c2c1. The van der Waals surface area contributed by atoms with E-state index in [4.69, 9.17) is 16.3 Å². The van der Waals surface area contributed by atoms with Crippen LogP contribution in [0, 0.1) is 0 Å². The van der Waals surface area contributed by atoms with E-state index in [0.717, 1.165) is 22.2 Å². The first-order valence-corrected chi connectivity index (χ1v) is 7.05. The van der Waals surface area contributed by atoms with Crippen LogP contribution in [0.5, 0.6) is 5.75 Å². The molecule has 1 heterocycles. The Morgan fingerprint density at radius 2 is 2.15 bits per heavy atom. The summed E-state index contributed by atoms with van der Waals surface area (Å²) in [6, 6.07) is 3.81. The van der Waals surface area contributed by atoms with Gasteiger partial charge in [0, 0.05) is 30.1 Å². The summed E-state index contributed by atoms with van der Waals surface area (Å²) in [4.78, 5) is 13.6. The van der Waals surface area contributed by atoms with Crippen molar-refractivity contribution in [1.29, 1.82) is 0 Å². The van der Waals surface area contributed by atoms with Gasteiger partial charge in [-0.05, 0) is 25.5 Å². The topological polar surface area (TPSA) is 54.1 Å². The van der Waals surface area contributed by atoms with Gasteiger partial charge in [0.25, 0.3) is 0 Å². The summed E-state index contributed by atoms with van der Waals surface area (Å²) in [5.74, 6) is 0.952. The highest BCUT2D eigenvalue weighted by Crippen LogP contribution is 2.34. The first-order chi connectivity index (χ1) is 9.52. The molecule has 0 fully saturated rings. The van der Waals surface area contributed by atoms with Crippen molar-refractivity contribution in [3.8, 4) is 5.75 Å². The first-order valence-electron chi connectivity index (χ1n) is 6.67. The number of aromatic nitrogens is 1. The predicted octanol–water partition coefficient (Wildman–Crippen LogP) is 3.46. The Balaban J connectivity index is 2.41. The van der Waals surface area contributed by atoms with E-state index >= 15 is 0 Å². The molecule has 108 valence electrons. The summed E-state index contributed by atoms with van der Waals surface area (Å²) >= 11 is 6.28. The lowest BCUT2D eigenvalue weighted by Gasteiger charge is -2.13. The average Bonchev–Trinajstić information content (AvgIpc) is 2.79. The van der Waals surface area contributed by atoms with Gasteiger partial charge in [-0.2, -0.15) is 0 Å². The maximum Gasteiger partial charge on any atom is 0.207 e. The van der Waals surface area contributed by atoms with Crippen LogP contribution in [0.4, 0.5) is 0 Å². The molecule has 4 nitrogen and oxygen atoms in total. The molecule has 1 unspecified atom stereocenters. The zero-order chi connectivity index (χ0) is 14.7. The number of benzene rings is 1. The van der Waals surface area contributed by atoms with Gasteiger partial charge in [-0.3, -0.25) is 4.79 Å². The monoisotopic (exact) mass is 294 g/mol. The molecule has 0 saturated heterocycles. The Labute approximate surface area is 123 Å². The summed E-state index contributed by atoms with van der Waals surface area (Å²) in [5.41, 5.74) is 2.01. The molecule has 1 aromatic carbocycles. The van der Waals surface area contributed by atoms with Gasteiger partial charge in [0.15, 0.2) is 0 Å². The molecule has 5 heteroatoms. The van der Waals surface area contributed by atoms with E-state index in [1.807, 2.05) is 32.2 Å².